The molecule has 1 amide bonds. The van der Waals surface area contributed by atoms with Crippen molar-refractivity contribution in [2.75, 3.05) is 17.7 Å². The Morgan fingerprint density at radius 2 is 2.10 bits per heavy atom. The third-order valence-corrected chi connectivity index (χ3v) is 2.61. The lowest BCUT2D eigenvalue weighted by Gasteiger charge is -2.14. The fourth-order valence-electron chi connectivity index (χ4n) is 1.47. The molecule has 118 valence electrons. The summed E-state index contributed by atoms with van der Waals surface area (Å²) in [5.74, 6) is -1.16. The van der Waals surface area contributed by atoms with E-state index in [1.54, 1.807) is 0 Å². The van der Waals surface area contributed by atoms with Crippen molar-refractivity contribution in [3.8, 4) is 0 Å². The molecule has 0 aromatic heterocycles. The Morgan fingerprint density at radius 3 is 2.67 bits per heavy atom. The van der Waals surface area contributed by atoms with Gasteiger partial charge >= 0.3 is 6.18 Å². The van der Waals surface area contributed by atoms with Crippen LogP contribution in [-0.4, -0.2) is 24.8 Å². The lowest BCUT2D eigenvalue weighted by atomic mass is 10.2. The van der Waals surface area contributed by atoms with E-state index in [4.69, 9.17) is 10.5 Å². The number of carbonyl (C=O) groups excluding carboxylic acids is 1. The molecule has 0 saturated carbocycles. The summed E-state index contributed by atoms with van der Waals surface area (Å²) in [6.45, 7) is 1.23. The van der Waals surface area contributed by atoms with Crippen LogP contribution >= 0.6 is 0 Å². The van der Waals surface area contributed by atoms with Crippen LogP contribution < -0.4 is 11.1 Å². The maximum Gasteiger partial charge on any atom is 0.389 e. The van der Waals surface area contributed by atoms with E-state index in [0.717, 1.165) is 6.07 Å². The van der Waals surface area contributed by atoms with Gasteiger partial charge in [0.2, 0.25) is 0 Å². The normalized spacial score (nSPS) is 13.0. The number of ether oxygens (including phenoxy) is 1. The molecule has 1 aromatic carbocycles. The molecule has 0 heterocycles. The van der Waals surface area contributed by atoms with Gasteiger partial charge in [0.15, 0.2) is 0 Å². The lowest BCUT2D eigenvalue weighted by molar-refractivity contribution is -0.140. The van der Waals surface area contributed by atoms with Gasteiger partial charge in [-0.15, -0.1) is 0 Å². The second-order valence-electron chi connectivity index (χ2n) is 4.46. The average molecular weight is 308 g/mol. The summed E-state index contributed by atoms with van der Waals surface area (Å²) in [5, 5.41) is 2.43. The number of halogens is 4. The Kier molecular flexibility index (Phi) is 5.95. The van der Waals surface area contributed by atoms with Crippen molar-refractivity contribution in [1.29, 1.82) is 0 Å². The van der Waals surface area contributed by atoms with Crippen molar-refractivity contribution in [2.24, 2.45) is 0 Å². The van der Waals surface area contributed by atoms with E-state index in [9.17, 15) is 22.4 Å². The molecule has 0 radical (unpaired) electrons. The molecule has 8 heteroatoms. The van der Waals surface area contributed by atoms with Gasteiger partial charge in [-0.25, -0.2) is 4.39 Å². The van der Waals surface area contributed by atoms with Gasteiger partial charge in [-0.3, -0.25) is 4.79 Å². The molecular weight excluding hydrogens is 292 g/mol. The van der Waals surface area contributed by atoms with Crippen LogP contribution in [0.2, 0.25) is 0 Å². The van der Waals surface area contributed by atoms with Crippen molar-refractivity contribution in [3.05, 3.63) is 24.0 Å². The monoisotopic (exact) mass is 308 g/mol. The number of nitrogens with one attached hydrogen (secondary N) is 1. The van der Waals surface area contributed by atoms with Crippen LogP contribution in [0.15, 0.2) is 18.2 Å². The van der Waals surface area contributed by atoms with E-state index in [-0.39, 0.29) is 24.4 Å². The van der Waals surface area contributed by atoms with Crippen LogP contribution in [0.4, 0.5) is 28.9 Å². The molecule has 0 aliphatic heterocycles. The molecule has 0 fully saturated rings. The van der Waals surface area contributed by atoms with Gasteiger partial charge in [0.25, 0.3) is 5.91 Å². The number of rotatable bonds is 6. The highest BCUT2D eigenvalue weighted by atomic mass is 19.4. The van der Waals surface area contributed by atoms with Crippen LogP contribution in [0.5, 0.6) is 0 Å². The highest BCUT2D eigenvalue weighted by Crippen LogP contribution is 2.21. The number of nitrogen functional groups attached to an aromatic ring is 1. The molecule has 3 N–H and O–H groups in total. The summed E-state index contributed by atoms with van der Waals surface area (Å²) in [6.07, 6.45) is -6.34. The van der Waals surface area contributed by atoms with Crippen LogP contribution in [-0.2, 0) is 9.53 Å². The summed E-state index contributed by atoms with van der Waals surface area (Å²) in [4.78, 5) is 11.7. The van der Waals surface area contributed by atoms with Gasteiger partial charge in [-0.05, 0) is 31.5 Å². The molecule has 0 bridgehead atoms. The van der Waals surface area contributed by atoms with Gasteiger partial charge in [-0.1, -0.05) is 0 Å². The van der Waals surface area contributed by atoms with Crippen LogP contribution in [0, 0.1) is 5.82 Å². The molecule has 1 rings (SSSR count). The Hall–Kier alpha value is -1.83. The van der Waals surface area contributed by atoms with Gasteiger partial charge in [0.1, 0.15) is 11.9 Å². The number of nitrogens with two attached hydrogens (primary N) is 1. The molecule has 0 spiro atoms. The van der Waals surface area contributed by atoms with E-state index in [0.29, 0.717) is 0 Å². The fourth-order valence-corrected chi connectivity index (χ4v) is 1.47. The Balaban J connectivity index is 2.39. The molecule has 0 aliphatic carbocycles. The van der Waals surface area contributed by atoms with Crippen LogP contribution in [0.3, 0.4) is 0 Å². The first-order valence-electron chi connectivity index (χ1n) is 6.23. The molecular formula is C13H16F4N2O2. The van der Waals surface area contributed by atoms with Gasteiger partial charge < -0.3 is 15.8 Å². The van der Waals surface area contributed by atoms with Crippen molar-refractivity contribution >= 4 is 17.3 Å². The summed E-state index contributed by atoms with van der Waals surface area (Å²) >= 11 is 0. The SMILES string of the molecule is CC(OCCCC(F)(F)F)C(=O)Nc1ccc(F)c(N)c1. The number of anilines is 2. The average Bonchev–Trinajstić information content (AvgIpc) is 2.37. The largest absolute Gasteiger partial charge is 0.396 e. The zero-order chi connectivity index (χ0) is 16.0. The molecule has 1 aromatic rings. The number of alkyl halides is 3. The number of benzene rings is 1. The van der Waals surface area contributed by atoms with Crippen molar-refractivity contribution in [1.82, 2.24) is 0 Å². The lowest BCUT2D eigenvalue weighted by Crippen LogP contribution is -2.28. The smallest absolute Gasteiger partial charge is 0.389 e. The Bertz CT molecular complexity index is 492. The topological polar surface area (TPSA) is 64.3 Å². The predicted octanol–water partition coefficient (Wildman–Crippen LogP) is 3.09. The number of hydrogen-bond donors (Lipinski definition) is 2. The Labute approximate surface area is 119 Å². The number of carbonyl (C=O) groups is 1. The first-order valence-corrected chi connectivity index (χ1v) is 6.23. The maximum absolute atomic E-state index is 12.9. The molecule has 4 nitrogen and oxygen atoms in total. The number of amides is 1. The standard InChI is InChI=1S/C13H16F4N2O2/c1-8(21-6-2-5-13(15,16)17)12(20)19-9-3-4-10(14)11(18)7-9/h3-4,7-8H,2,5-6,18H2,1H3,(H,19,20). The van der Waals surface area contributed by atoms with Gasteiger partial charge in [-0.2, -0.15) is 13.2 Å². The first-order chi connectivity index (χ1) is 9.69. The van der Waals surface area contributed by atoms with Crippen molar-refractivity contribution in [3.63, 3.8) is 0 Å². The molecule has 21 heavy (non-hydrogen) atoms. The first kappa shape index (κ1) is 17.2. The summed E-state index contributed by atoms with van der Waals surface area (Å²) in [7, 11) is 0. The summed E-state index contributed by atoms with van der Waals surface area (Å²) < 4.78 is 53.7. The van der Waals surface area contributed by atoms with Crippen LogP contribution in [0.25, 0.3) is 0 Å². The molecule has 1 atom stereocenters. The minimum atomic E-state index is -4.24. The summed E-state index contributed by atoms with van der Waals surface area (Å²) in [5.41, 5.74) is 5.51. The minimum Gasteiger partial charge on any atom is -0.396 e. The van der Waals surface area contributed by atoms with Gasteiger partial charge in [0.05, 0.1) is 5.69 Å². The fraction of sp³-hybridized carbons (Fsp3) is 0.462. The van der Waals surface area contributed by atoms with E-state index in [1.165, 1.54) is 19.1 Å². The van der Waals surface area contributed by atoms with Crippen molar-refractivity contribution < 1.29 is 27.1 Å². The highest BCUT2D eigenvalue weighted by molar-refractivity contribution is 5.94. The molecule has 1 unspecified atom stereocenters. The zero-order valence-corrected chi connectivity index (χ0v) is 11.3. The third kappa shape index (κ3) is 6.44. The maximum atomic E-state index is 12.9. The second-order valence-corrected chi connectivity index (χ2v) is 4.46. The van der Waals surface area contributed by atoms with Gasteiger partial charge in [0, 0.05) is 18.7 Å². The zero-order valence-electron chi connectivity index (χ0n) is 11.3. The van der Waals surface area contributed by atoms with Crippen molar-refractivity contribution in [2.45, 2.75) is 32.0 Å². The van der Waals surface area contributed by atoms with E-state index in [2.05, 4.69) is 5.32 Å². The van der Waals surface area contributed by atoms with E-state index < -0.39 is 30.4 Å². The predicted molar refractivity (Wildman–Crippen MR) is 70.1 cm³/mol. The molecule has 0 aliphatic rings. The summed E-state index contributed by atoms with van der Waals surface area (Å²) in [6, 6.07) is 3.66. The minimum absolute atomic E-state index is 0.119. The van der Waals surface area contributed by atoms with Crippen LogP contribution in [0.1, 0.15) is 19.8 Å². The van der Waals surface area contributed by atoms with E-state index in [1.807, 2.05) is 0 Å². The Morgan fingerprint density at radius 1 is 1.43 bits per heavy atom. The molecule has 0 saturated heterocycles. The second kappa shape index (κ2) is 7.26. The number of hydrogen-bond acceptors (Lipinski definition) is 3. The third-order valence-electron chi connectivity index (χ3n) is 2.61. The quantitative estimate of drug-likeness (QED) is 0.482. The van der Waals surface area contributed by atoms with E-state index >= 15 is 0 Å². The highest BCUT2D eigenvalue weighted by Gasteiger charge is 2.26.